The minimum absolute atomic E-state index is 0.0328. The number of amides is 1. The predicted molar refractivity (Wildman–Crippen MR) is 99.8 cm³/mol. The molecule has 1 atom stereocenters. The van der Waals surface area contributed by atoms with E-state index in [1.807, 2.05) is 0 Å². The third kappa shape index (κ3) is 4.82. The second-order valence-corrected chi connectivity index (χ2v) is 8.43. The van der Waals surface area contributed by atoms with E-state index in [0.717, 1.165) is 0 Å². The van der Waals surface area contributed by atoms with Crippen molar-refractivity contribution in [2.24, 2.45) is 0 Å². The van der Waals surface area contributed by atoms with Gasteiger partial charge in [-0.3, -0.25) is 4.79 Å². The number of methoxy groups -OCH3 is 1. The van der Waals surface area contributed by atoms with Crippen molar-refractivity contribution in [3.63, 3.8) is 0 Å². The number of carbonyl (C=O) groups is 2. The zero-order valence-electron chi connectivity index (χ0n) is 14.6. The molecule has 0 radical (unpaired) electrons. The van der Waals surface area contributed by atoms with Gasteiger partial charge in [0.15, 0.2) is 9.84 Å². The van der Waals surface area contributed by atoms with E-state index in [4.69, 9.17) is 0 Å². The Bertz CT molecular complexity index is 957. The number of sulfone groups is 1. The van der Waals surface area contributed by atoms with E-state index >= 15 is 0 Å². The van der Waals surface area contributed by atoms with Crippen molar-refractivity contribution in [1.82, 2.24) is 10.3 Å². The Labute approximate surface area is 156 Å². The number of benzene rings is 1. The summed E-state index contributed by atoms with van der Waals surface area (Å²) < 4.78 is 27.6. The number of pyridine rings is 1. The quantitative estimate of drug-likeness (QED) is 0.745. The third-order valence-electron chi connectivity index (χ3n) is 4.14. The maximum absolute atomic E-state index is 12.2. The van der Waals surface area contributed by atoms with Crippen molar-refractivity contribution in [2.75, 3.05) is 23.9 Å². The van der Waals surface area contributed by atoms with Gasteiger partial charge in [0.05, 0.1) is 36.1 Å². The zero-order valence-corrected chi connectivity index (χ0v) is 15.5. The highest BCUT2D eigenvalue weighted by Gasteiger charge is 2.29. The number of anilines is 2. The molecule has 9 heteroatoms. The van der Waals surface area contributed by atoms with Gasteiger partial charge in [-0.15, -0.1) is 0 Å². The van der Waals surface area contributed by atoms with Gasteiger partial charge in [0.25, 0.3) is 5.91 Å². The molecule has 1 unspecified atom stereocenters. The summed E-state index contributed by atoms with van der Waals surface area (Å²) in [4.78, 5) is 27.9. The van der Waals surface area contributed by atoms with Gasteiger partial charge in [0.1, 0.15) is 5.69 Å². The molecule has 1 amide bonds. The average Bonchev–Trinajstić information content (AvgIpc) is 3.00. The molecule has 1 aliphatic heterocycles. The summed E-state index contributed by atoms with van der Waals surface area (Å²) in [6, 6.07) is 9.65. The van der Waals surface area contributed by atoms with E-state index in [9.17, 15) is 18.0 Å². The second-order valence-electron chi connectivity index (χ2n) is 6.20. The van der Waals surface area contributed by atoms with Crippen LogP contribution in [-0.2, 0) is 14.6 Å². The topological polar surface area (TPSA) is 114 Å². The molecule has 142 valence electrons. The molecule has 1 aliphatic rings. The molecule has 0 aliphatic carbocycles. The fraction of sp³-hybridized carbons (Fsp3) is 0.278. The van der Waals surface area contributed by atoms with Crippen molar-refractivity contribution in [3.8, 4) is 0 Å². The molecule has 0 bridgehead atoms. The number of hydrogen-bond acceptors (Lipinski definition) is 7. The lowest BCUT2D eigenvalue weighted by Gasteiger charge is -2.11. The largest absolute Gasteiger partial charge is 0.465 e. The molecule has 0 spiro atoms. The molecule has 1 saturated heterocycles. The Hall–Kier alpha value is -2.94. The minimum atomic E-state index is -3.05. The Balaban J connectivity index is 1.63. The van der Waals surface area contributed by atoms with Gasteiger partial charge < -0.3 is 15.4 Å². The molecule has 2 aromatic rings. The summed E-state index contributed by atoms with van der Waals surface area (Å²) in [5, 5.41) is 5.79. The van der Waals surface area contributed by atoms with Gasteiger partial charge >= 0.3 is 5.97 Å². The molecule has 2 N–H and O–H groups in total. The molecule has 1 fully saturated rings. The summed E-state index contributed by atoms with van der Waals surface area (Å²) in [6.07, 6.45) is 1.91. The second kappa shape index (κ2) is 7.75. The Kier molecular flexibility index (Phi) is 5.41. The van der Waals surface area contributed by atoms with Gasteiger partial charge in [-0.2, -0.15) is 0 Å². The first kappa shape index (κ1) is 18.8. The maximum Gasteiger partial charge on any atom is 0.337 e. The van der Waals surface area contributed by atoms with Crippen molar-refractivity contribution in [3.05, 3.63) is 53.9 Å². The third-order valence-corrected chi connectivity index (χ3v) is 5.90. The van der Waals surface area contributed by atoms with Crippen molar-refractivity contribution in [1.29, 1.82) is 0 Å². The van der Waals surface area contributed by atoms with Gasteiger partial charge in [-0.25, -0.2) is 18.2 Å². The zero-order chi connectivity index (χ0) is 19.4. The van der Waals surface area contributed by atoms with E-state index in [-0.39, 0.29) is 23.2 Å². The number of aromatic nitrogens is 1. The molecule has 1 aromatic carbocycles. The summed E-state index contributed by atoms with van der Waals surface area (Å²) in [6.45, 7) is 0. The van der Waals surface area contributed by atoms with Crippen LogP contribution in [0.4, 0.5) is 11.4 Å². The maximum atomic E-state index is 12.2. The summed E-state index contributed by atoms with van der Waals surface area (Å²) >= 11 is 0. The van der Waals surface area contributed by atoms with Gasteiger partial charge in [-0.05, 0) is 36.8 Å². The summed E-state index contributed by atoms with van der Waals surface area (Å²) in [7, 11) is -1.74. The lowest BCUT2D eigenvalue weighted by atomic mass is 10.2. The normalized spacial score (nSPS) is 17.9. The number of nitrogens with zero attached hydrogens (tertiary/aromatic N) is 1. The molecule has 2 heterocycles. The Morgan fingerprint density at radius 2 is 2.00 bits per heavy atom. The Morgan fingerprint density at radius 3 is 2.63 bits per heavy atom. The first-order valence-electron chi connectivity index (χ1n) is 8.29. The van der Waals surface area contributed by atoms with E-state index in [1.54, 1.807) is 36.4 Å². The SMILES string of the molecule is COC(=O)c1cccc(Nc2ccc(C(=O)NC3CCS(=O)(=O)C3)nc2)c1. The average molecular weight is 389 g/mol. The van der Waals surface area contributed by atoms with Gasteiger partial charge in [0.2, 0.25) is 0 Å². The molecule has 1 aromatic heterocycles. The number of hydrogen-bond donors (Lipinski definition) is 2. The van der Waals surface area contributed by atoms with Crippen LogP contribution in [0.1, 0.15) is 27.3 Å². The number of carbonyl (C=O) groups excluding carboxylic acids is 2. The van der Waals surface area contributed by atoms with Gasteiger partial charge in [-0.1, -0.05) is 6.07 Å². The molecule has 3 rings (SSSR count). The van der Waals surface area contributed by atoms with Crippen LogP contribution in [0, 0.1) is 0 Å². The van der Waals surface area contributed by atoms with Crippen LogP contribution in [0.15, 0.2) is 42.6 Å². The number of esters is 1. The van der Waals surface area contributed by atoms with Crippen molar-refractivity contribution in [2.45, 2.75) is 12.5 Å². The van der Waals surface area contributed by atoms with Crippen molar-refractivity contribution >= 4 is 33.1 Å². The van der Waals surface area contributed by atoms with Gasteiger partial charge in [0, 0.05) is 11.7 Å². The highest BCUT2D eigenvalue weighted by molar-refractivity contribution is 7.91. The van der Waals surface area contributed by atoms with E-state index in [2.05, 4.69) is 20.4 Å². The molecule has 0 saturated carbocycles. The first-order chi connectivity index (χ1) is 12.9. The van der Waals surface area contributed by atoms with Crippen LogP contribution in [0.3, 0.4) is 0 Å². The minimum Gasteiger partial charge on any atom is -0.465 e. The Morgan fingerprint density at radius 1 is 1.19 bits per heavy atom. The van der Waals surface area contributed by atoms with Crippen LogP contribution in [-0.4, -0.2) is 49.9 Å². The lowest BCUT2D eigenvalue weighted by Crippen LogP contribution is -2.36. The molecule has 27 heavy (non-hydrogen) atoms. The van der Waals surface area contributed by atoms with Crippen LogP contribution in [0.5, 0.6) is 0 Å². The van der Waals surface area contributed by atoms with Crippen molar-refractivity contribution < 1.29 is 22.7 Å². The summed E-state index contributed by atoms with van der Waals surface area (Å²) in [5.74, 6) is -0.776. The monoisotopic (exact) mass is 389 g/mol. The van der Waals surface area contributed by atoms with E-state index in [1.165, 1.54) is 13.3 Å². The number of nitrogens with one attached hydrogen (secondary N) is 2. The lowest BCUT2D eigenvalue weighted by molar-refractivity contribution is 0.0600. The van der Waals surface area contributed by atoms with E-state index < -0.39 is 21.7 Å². The highest BCUT2D eigenvalue weighted by atomic mass is 32.2. The predicted octanol–water partition coefficient (Wildman–Crippen LogP) is 1.53. The smallest absolute Gasteiger partial charge is 0.337 e. The molecular formula is C18H19N3O5S. The standard InChI is InChI=1S/C18H19N3O5S/c1-26-18(23)12-3-2-4-13(9-12)20-14-5-6-16(19-10-14)17(22)21-15-7-8-27(24,25)11-15/h2-6,9-10,15,20H,7-8,11H2,1H3,(H,21,22). The first-order valence-corrected chi connectivity index (χ1v) is 10.1. The fourth-order valence-corrected chi connectivity index (χ4v) is 4.45. The highest BCUT2D eigenvalue weighted by Crippen LogP contribution is 2.18. The van der Waals surface area contributed by atoms with Crippen LogP contribution in [0.2, 0.25) is 0 Å². The van der Waals surface area contributed by atoms with Crippen LogP contribution in [0.25, 0.3) is 0 Å². The van der Waals surface area contributed by atoms with Crippen LogP contribution < -0.4 is 10.6 Å². The molecular weight excluding hydrogens is 370 g/mol. The van der Waals surface area contributed by atoms with E-state index in [0.29, 0.717) is 23.4 Å². The number of rotatable bonds is 5. The molecule has 8 nitrogen and oxygen atoms in total. The fourth-order valence-electron chi connectivity index (χ4n) is 2.78. The van der Waals surface area contributed by atoms with Crippen LogP contribution >= 0.6 is 0 Å². The number of ether oxygens (including phenoxy) is 1. The summed E-state index contributed by atoms with van der Waals surface area (Å²) in [5.41, 5.74) is 1.93.